The van der Waals surface area contributed by atoms with Crippen LogP contribution in [0.25, 0.3) is 22.0 Å². The molecule has 0 bridgehead atoms. The Morgan fingerprint density at radius 3 is 2.73 bits per heavy atom. The van der Waals surface area contributed by atoms with Gasteiger partial charge in [-0.1, -0.05) is 6.07 Å². The summed E-state index contributed by atoms with van der Waals surface area (Å²) in [5.74, 6) is 0.832. The molecule has 1 aromatic carbocycles. The summed E-state index contributed by atoms with van der Waals surface area (Å²) >= 11 is 0. The number of anilines is 2. The zero-order valence-electron chi connectivity index (χ0n) is 20.0. The molecule has 1 unspecified atom stereocenters. The van der Waals surface area contributed by atoms with Gasteiger partial charge in [0, 0.05) is 58.8 Å². The minimum atomic E-state index is -2.64. The van der Waals surface area contributed by atoms with Crippen LogP contribution < -0.4 is 10.0 Å². The molecule has 37 heavy (non-hydrogen) atoms. The number of likely N-dealkylation sites (tertiary alicyclic amines) is 1. The molecule has 3 aromatic heterocycles. The lowest BCUT2D eigenvalue weighted by Gasteiger charge is -2.15. The highest BCUT2D eigenvalue weighted by atomic mass is 32.2. The number of H-pyrrole nitrogens is 1. The summed E-state index contributed by atoms with van der Waals surface area (Å²) in [6, 6.07) is 10.7. The Kier molecular flexibility index (Phi) is 6.38. The number of halogens is 2. The smallest absolute Gasteiger partial charge is 0.276 e. The maximum Gasteiger partial charge on any atom is 0.276 e. The van der Waals surface area contributed by atoms with Gasteiger partial charge < -0.3 is 5.32 Å². The van der Waals surface area contributed by atoms with E-state index in [2.05, 4.69) is 36.1 Å². The summed E-state index contributed by atoms with van der Waals surface area (Å²) in [6.07, 6.45) is 6.15. The van der Waals surface area contributed by atoms with Crippen molar-refractivity contribution < 1.29 is 17.8 Å². The summed E-state index contributed by atoms with van der Waals surface area (Å²) in [5.41, 5.74) is 3.79. The normalized spacial score (nSPS) is 16.9. The molecule has 4 aromatic rings. The number of aromatic amines is 1. The van der Waals surface area contributed by atoms with E-state index in [0.717, 1.165) is 16.7 Å². The molecule has 1 aliphatic heterocycles. The number of benzene rings is 1. The highest BCUT2D eigenvalue weighted by molar-refractivity contribution is 8.00. The Labute approximate surface area is 212 Å². The van der Waals surface area contributed by atoms with Crippen molar-refractivity contribution in [1.82, 2.24) is 25.1 Å². The van der Waals surface area contributed by atoms with E-state index in [-0.39, 0.29) is 18.7 Å². The van der Waals surface area contributed by atoms with E-state index in [9.17, 15) is 17.8 Å². The molecule has 1 atom stereocenters. The van der Waals surface area contributed by atoms with Crippen LogP contribution in [0.5, 0.6) is 0 Å². The van der Waals surface area contributed by atoms with Crippen molar-refractivity contribution in [2.45, 2.75) is 18.9 Å². The van der Waals surface area contributed by atoms with Crippen LogP contribution in [0.4, 0.5) is 20.3 Å². The number of nitrogens with zero attached hydrogens (tertiary/aromatic N) is 4. The molecule has 1 amide bonds. The van der Waals surface area contributed by atoms with E-state index >= 15 is 0 Å². The fourth-order valence-corrected chi connectivity index (χ4v) is 4.80. The predicted molar refractivity (Wildman–Crippen MR) is 141 cm³/mol. The number of carbonyl (C=O) groups excluding carboxylic acids is 1. The largest absolute Gasteiger partial charge is 0.319 e. The Balaban J connectivity index is 1.34. The van der Waals surface area contributed by atoms with Gasteiger partial charge in [-0.3, -0.25) is 24.5 Å². The summed E-state index contributed by atoms with van der Waals surface area (Å²) in [6.45, 7) is 0.491. The van der Waals surface area contributed by atoms with Crippen molar-refractivity contribution in [3.05, 3.63) is 66.2 Å². The first kappa shape index (κ1) is 24.8. The first-order valence-electron chi connectivity index (χ1n) is 11.4. The minimum Gasteiger partial charge on any atom is -0.319 e. The Bertz CT molecular complexity index is 1570. The second-order valence-corrected chi connectivity index (χ2v) is 11.4. The summed E-state index contributed by atoms with van der Waals surface area (Å²) in [4.78, 5) is 23.1. The maximum absolute atomic E-state index is 13.6. The van der Waals surface area contributed by atoms with Crippen LogP contribution in [0.2, 0.25) is 0 Å². The van der Waals surface area contributed by atoms with E-state index in [1.54, 1.807) is 29.4 Å². The molecule has 9 nitrogen and oxygen atoms in total. The predicted octanol–water partition coefficient (Wildman–Crippen LogP) is 3.79. The summed E-state index contributed by atoms with van der Waals surface area (Å²) in [5, 5.41) is 10.4. The van der Waals surface area contributed by atoms with Gasteiger partial charge in [0.25, 0.3) is 11.8 Å². The van der Waals surface area contributed by atoms with Crippen molar-refractivity contribution in [3.8, 4) is 11.1 Å². The van der Waals surface area contributed by atoms with Gasteiger partial charge in [-0.05, 0) is 47.3 Å². The molecule has 1 aliphatic rings. The third-order valence-corrected chi connectivity index (χ3v) is 6.54. The lowest BCUT2D eigenvalue weighted by atomic mass is 10.0. The van der Waals surface area contributed by atoms with Crippen LogP contribution >= 0.6 is 0 Å². The van der Waals surface area contributed by atoms with Crippen molar-refractivity contribution in [2.75, 3.05) is 29.4 Å². The van der Waals surface area contributed by atoms with Gasteiger partial charge in [0.1, 0.15) is 5.82 Å². The summed E-state index contributed by atoms with van der Waals surface area (Å²) < 4.78 is 41.6. The molecular weight excluding hydrogens is 500 g/mol. The quantitative estimate of drug-likeness (QED) is 0.316. The van der Waals surface area contributed by atoms with Crippen LogP contribution in [-0.4, -0.2) is 66.3 Å². The van der Waals surface area contributed by atoms with Crippen molar-refractivity contribution in [3.63, 3.8) is 0 Å². The van der Waals surface area contributed by atoms with Gasteiger partial charge in [-0.15, -0.1) is 0 Å². The fraction of sp³-hybridized carbons (Fsp3) is 0.240. The van der Waals surface area contributed by atoms with Crippen molar-refractivity contribution >= 4 is 43.9 Å². The number of alkyl halides is 2. The molecular formula is C25H25F2N7O2S. The third kappa shape index (κ3) is 5.92. The number of pyridine rings is 2. The van der Waals surface area contributed by atoms with E-state index in [1.807, 2.05) is 24.3 Å². The van der Waals surface area contributed by atoms with E-state index in [0.29, 0.717) is 35.5 Å². The second kappa shape index (κ2) is 9.52. The topological polar surface area (TPSA) is 116 Å². The molecule has 1 saturated heterocycles. The standard InChI is InChI=1S/C25H25F2N7O2S/c1-37(2,36)33-22-6-4-19(13-29-22)30-24(35)23-20-10-17(3-5-21(20)31-32-23)18-9-16(11-28-12-18)14-34-8-7-25(26,27)15-34/h3-6,9-13H,1,7-8,14-15H2,2H3,(H,30,35)(H,31,32)(H,29,33,36). The van der Waals surface area contributed by atoms with Crippen molar-refractivity contribution in [1.29, 1.82) is 0 Å². The number of aromatic nitrogens is 4. The molecule has 4 heterocycles. The number of carbonyl (C=O) groups is 1. The second-order valence-electron chi connectivity index (χ2n) is 9.22. The average molecular weight is 526 g/mol. The SMILES string of the molecule is C=S(C)(=O)Nc1ccc(NC(=O)c2n[nH]c3ccc(-c4cncc(CN5CCC(F)(F)C5)c4)cc23)cn1. The first-order chi connectivity index (χ1) is 17.5. The number of hydrogen-bond acceptors (Lipinski definition) is 6. The number of rotatable bonds is 7. The first-order valence-corrected chi connectivity index (χ1v) is 13.6. The van der Waals surface area contributed by atoms with Crippen LogP contribution in [0.15, 0.2) is 55.0 Å². The molecule has 192 valence electrons. The van der Waals surface area contributed by atoms with Crippen LogP contribution in [-0.2, 0) is 16.3 Å². The van der Waals surface area contributed by atoms with Gasteiger partial charge in [0.05, 0.1) is 23.9 Å². The van der Waals surface area contributed by atoms with Gasteiger partial charge in [-0.25, -0.2) is 18.0 Å². The third-order valence-electron chi connectivity index (χ3n) is 5.90. The van der Waals surface area contributed by atoms with Gasteiger partial charge in [0.15, 0.2) is 5.69 Å². The van der Waals surface area contributed by atoms with Crippen molar-refractivity contribution in [2.24, 2.45) is 0 Å². The lowest BCUT2D eigenvalue weighted by molar-refractivity contribution is 0.0115. The zero-order valence-corrected chi connectivity index (χ0v) is 20.8. The average Bonchev–Trinajstić information content (AvgIpc) is 3.41. The number of nitrogens with one attached hydrogen (secondary N) is 3. The lowest BCUT2D eigenvalue weighted by Crippen LogP contribution is -2.24. The molecule has 0 radical (unpaired) electrons. The highest BCUT2D eigenvalue weighted by Gasteiger charge is 2.37. The number of hydrogen-bond donors (Lipinski definition) is 3. The molecule has 0 aliphatic carbocycles. The molecule has 3 N–H and O–H groups in total. The van der Waals surface area contributed by atoms with E-state index in [4.69, 9.17) is 0 Å². The summed E-state index contributed by atoms with van der Waals surface area (Å²) in [7, 11) is -2.46. The molecule has 1 fully saturated rings. The number of fused-ring (bicyclic) bond motifs is 1. The monoisotopic (exact) mass is 525 g/mol. The molecule has 12 heteroatoms. The van der Waals surface area contributed by atoms with E-state index < -0.39 is 21.5 Å². The van der Waals surface area contributed by atoms with Crippen LogP contribution in [0.3, 0.4) is 0 Å². The van der Waals surface area contributed by atoms with Gasteiger partial charge in [-0.2, -0.15) is 5.10 Å². The van der Waals surface area contributed by atoms with Crippen LogP contribution in [0, 0.1) is 0 Å². The van der Waals surface area contributed by atoms with Crippen LogP contribution in [0.1, 0.15) is 22.5 Å². The highest BCUT2D eigenvalue weighted by Crippen LogP contribution is 2.29. The maximum atomic E-state index is 13.6. The molecule has 5 rings (SSSR count). The minimum absolute atomic E-state index is 0.129. The Morgan fingerprint density at radius 1 is 1.19 bits per heavy atom. The molecule has 0 spiro atoms. The Hall–Kier alpha value is -3.90. The van der Waals surface area contributed by atoms with Gasteiger partial charge >= 0.3 is 0 Å². The zero-order chi connectivity index (χ0) is 26.2. The Morgan fingerprint density at radius 2 is 2.03 bits per heavy atom. The molecule has 0 saturated carbocycles. The van der Waals surface area contributed by atoms with E-state index in [1.165, 1.54) is 12.5 Å². The number of amides is 1. The van der Waals surface area contributed by atoms with Gasteiger partial charge in [0.2, 0.25) is 0 Å². The fourth-order valence-electron chi connectivity index (χ4n) is 4.24.